The van der Waals surface area contributed by atoms with Gasteiger partial charge in [0.05, 0.1) is 23.5 Å². The monoisotopic (exact) mass is 290 g/mol. The zero-order chi connectivity index (χ0) is 13.7. The van der Waals surface area contributed by atoms with Gasteiger partial charge in [-0.1, -0.05) is 0 Å². The number of nitrogens with zero attached hydrogens (tertiary/aromatic N) is 1. The number of nitro groups is 1. The van der Waals surface area contributed by atoms with Crippen LogP contribution in [0, 0.1) is 10.1 Å². The number of nitro benzene ring substituents is 1. The summed E-state index contributed by atoms with van der Waals surface area (Å²) < 4.78 is 4.71. The highest BCUT2D eigenvalue weighted by Gasteiger charge is 2.22. The summed E-state index contributed by atoms with van der Waals surface area (Å²) in [4.78, 5) is 21.4. The lowest BCUT2D eigenvalue weighted by molar-refractivity contribution is -0.385. The second-order valence-electron chi connectivity index (χ2n) is 3.62. The fourth-order valence-electron chi connectivity index (χ4n) is 1.51. The van der Waals surface area contributed by atoms with Crippen molar-refractivity contribution in [3.8, 4) is 5.75 Å². The number of halogens is 1. The normalized spacial score (nSPS) is 11.3. The number of rotatable bonds is 5. The van der Waals surface area contributed by atoms with Gasteiger partial charge >= 0.3 is 5.97 Å². The van der Waals surface area contributed by atoms with E-state index in [4.69, 9.17) is 10.5 Å². The number of phenolic OH excluding ortho intramolecular Hbond substituents is 1. The van der Waals surface area contributed by atoms with Crippen molar-refractivity contribution in [1.82, 2.24) is 0 Å². The Labute approximate surface area is 115 Å². The summed E-state index contributed by atoms with van der Waals surface area (Å²) in [5.41, 5.74) is 5.59. The maximum Gasteiger partial charge on any atom is 0.307 e. The molecule has 1 aromatic rings. The number of hydrogen-bond donors (Lipinski definition) is 2. The van der Waals surface area contributed by atoms with Gasteiger partial charge in [-0.3, -0.25) is 14.9 Å². The molecule has 0 bridgehead atoms. The Kier molecular flexibility index (Phi) is 6.81. The summed E-state index contributed by atoms with van der Waals surface area (Å²) in [5, 5.41) is 20.1. The first-order chi connectivity index (χ1) is 8.45. The molecule has 106 valence electrons. The summed E-state index contributed by atoms with van der Waals surface area (Å²) in [5.74, 6) is -0.683. The molecule has 0 amide bonds. The first-order valence-corrected chi connectivity index (χ1v) is 5.34. The average molecular weight is 291 g/mol. The van der Waals surface area contributed by atoms with Crippen molar-refractivity contribution in [2.75, 3.05) is 6.61 Å². The molecule has 0 aromatic heterocycles. The fourth-order valence-corrected chi connectivity index (χ4v) is 1.51. The summed E-state index contributed by atoms with van der Waals surface area (Å²) in [6.45, 7) is 1.87. The number of nitrogens with two attached hydrogens (primary N) is 1. The molecule has 0 aliphatic carbocycles. The van der Waals surface area contributed by atoms with Gasteiger partial charge in [0.2, 0.25) is 0 Å². The quantitative estimate of drug-likeness (QED) is 0.484. The van der Waals surface area contributed by atoms with Crippen molar-refractivity contribution in [2.45, 2.75) is 19.4 Å². The number of esters is 1. The maximum atomic E-state index is 11.3. The molecule has 0 saturated heterocycles. The Bertz CT molecular complexity index is 466. The van der Waals surface area contributed by atoms with Crippen LogP contribution >= 0.6 is 12.4 Å². The predicted octanol–water partition coefficient (Wildman–Crippen LogP) is 1.68. The molecular formula is C11H15ClN2O5. The molecule has 0 aliphatic rings. The third-order valence-electron chi connectivity index (χ3n) is 2.30. The molecule has 0 unspecified atom stereocenters. The van der Waals surface area contributed by atoms with Crippen LogP contribution in [-0.4, -0.2) is 22.6 Å². The van der Waals surface area contributed by atoms with Crippen LogP contribution in [0.4, 0.5) is 5.69 Å². The van der Waals surface area contributed by atoms with Gasteiger partial charge in [0.25, 0.3) is 5.69 Å². The van der Waals surface area contributed by atoms with E-state index >= 15 is 0 Å². The van der Waals surface area contributed by atoms with Crippen LogP contribution in [0.2, 0.25) is 0 Å². The lowest BCUT2D eigenvalue weighted by Gasteiger charge is -2.11. The van der Waals surface area contributed by atoms with E-state index in [1.165, 1.54) is 12.1 Å². The number of aromatic hydroxyl groups is 1. The van der Waals surface area contributed by atoms with Crippen molar-refractivity contribution >= 4 is 24.1 Å². The standard InChI is InChI=1S/C11H14N2O5.ClH/c1-2-18-11(15)6-9(12)8-5-7(14)3-4-10(8)13(16)17;/h3-5,9,14H,2,6,12H2,1H3;1H/t9-;/m0./s1. The Morgan fingerprint density at radius 2 is 2.21 bits per heavy atom. The van der Waals surface area contributed by atoms with Crippen LogP contribution in [0.5, 0.6) is 5.75 Å². The number of ether oxygens (including phenoxy) is 1. The maximum absolute atomic E-state index is 11.3. The molecule has 0 radical (unpaired) electrons. The smallest absolute Gasteiger partial charge is 0.307 e. The Balaban J connectivity index is 0.00000324. The molecule has 0 aliphatic heterocycles. The fraction of sp³-hybridized carbons (Fsp3) is 0.364. The van der Waals surface area contributed by atoms with Crippen molar-refractivity contribution in [3.05, 3.63) is 33.9 Å². The van der Waals surface area contributed by atoms with E-state index in [2.05, 4.69) is 0 Å². The third kappa shape index (κ3) is 4.72. The molecule has 1 rings (SSSR count). The van der Waals surface area contributed by atoms with Crippen molar-refractivity contribution in [1.29, 1.82) is 0 Å². The van der Waals surface area contributed by atoms with Crippen LogP contribution in [-0.2, 0) is 9.53 Å². The van der Waals surface area contributed by atoms with Crippen LogP contribution in [0.15, 0.2) is 18.2 Å². The molecule has 0 heterocycles. The van der Waals surface area contributed by atoms with Crippen LogP contribution in [0.25, 0.3) is 0 Å². The highest BCUT2D eigenvalue weighted by atomic mass is 35.5. The topological polar surface area (TPSA) is 116 Å². The van der Waals surface area contributed by atoms with Gasteiger partial charge in [-0.05, 0) is 19.1 Å². The summed E-state index contributed by atoms with van der Waals surface area (Å²) in [6.07, 6.45) is -0.182. The number of carbonyl (C=O) groups excluding carboxylic acids is 1. The molecule has 0 spiro atoms. The minimum atomic E-state index is -0.892. The highest BCUT2D eigenvalue weighted by molar-refractivity contribution is 5.85. The van der Waals surface area contributed by atoms with E-state index < -0.39 is 16.9 Å². The molecule has 3 N–H and O–H groups in total. The number of hydrogen-bond acceptors (Lipinski definition) is 6. The molecule has 8 heteroatoms. The summed E-state index contributed by atoms with van der Waals surface area (Å²) in [6, 6.07) is 2.63. The number of carbonyl (C=O) groups is 1. The third-order valence-corrected chi connectivity index (χ3v) is 2.30. The molecule has 0 saturated carbocycles. The van der Waals surface area contributed by atoms with Gasteiger partial charge in [-0.25, -0.2) is 0 Å². The molecule has 0 fully saturated rings. The Hall–Kier alpha value is -1.86. The van der Waals surface area contributed by atoms with Crippen molar-refractivity contribution in [2.24, 2.45) is 5.73 Å². The number of phenols is 1. The van der Waals surface area contributed by atoms with Gasteiger partial charge in [0, 0.05) is 12.1 Å². The van der Waals surface area contributed by atoms with E-state index in [1.54, 1.807) is 6.92 Å². The largest absolute Gasteiger partial charge is 0.508 e. The highest BCUT2D eigenvalue weighted by Crippen LogP contribution is 2.29. The summed E-state index contributed by atoms with van der Waals surface area (Å²) in [7, 11) is 0. The first kappa shape index (κ1) is 17.1. The van der Waals surface area contributed by atoms with Crippen LogP contribution < -0.4 is 5.73 Å². The zero-order valence-corrected chi connectivity index (χ0v) is 11.1. The predicted molar refractivity (Wildman–Crippen MR) is 70.2 cm³/mol. The van der Waals surface area contributed by atoms with Crippen LogP contribution in [0.3, 0.4) is 0 Å². The Morgan fingerprint density at radius 1 is 1.58 bits per heavy atom. The van der Waals surface area contributed by atoms with Gasteiger partial charge in [-0.15, -0.1) is 12.4 Å². The molecular weight excluding hydrogens is 276 g/mol. The second-order valence-corrected chi connectivity index (χ2v) is 3.62. The van der Waals surface area contributed by atoms with E-state index in [-0.39, 0.29) is 42.4 Å². The average Bonchev–Trinajstić information content (AvgIpc) is 2.28. The summed E-state index contributed by atoms with van der Waals surface area (Å²) >= 11 is 0. The minimum absolute atomic E-state index is 0. The van der Waals surface area contributed by atoms with E-state index in [9.17, 15) is 20.0 Å². The van der Waals surface area contributed by atoms with E-state index in [0.717, 1.165) is 6.07 Å². The molecule has 1 aromatic carbocycles. The van der Waals surface area contributed by atoms with Gasteiger partial charge in [0.1, 0.15) is 5.75 Å². The van der Waals surface area contributed by atoms with Crippen LogP contribution in [0.1, 0.15) is 24.9 Å². The molecule has 19 heavy (non-hydrogen) atoms. The SMILES string of the molecule is CCOC(=O)C[C@H](N)c1cc(O)ccc1[N+](=O)[O-].Cl. The Morgan fingerprint density at radius 3 is 2.74 bits per heavy atom. The van der Waals surface area contributed by atoms with Gasteiger partial charge in [-0.2, -0.15) is 0 Å². The first-order valence-electron chi connectivity index (χ1n) is 5.34. The van der Waals surface area contributed by atoms with Crippen molar-refractivity contribution < 1.29 is 19.6 Å². The minimum Gasteiger partial charge on any atom is -0.508 e. The molecule has 7 nitrogen and oxygen atoms in total. The number of benzene rings is 1. The lowest BCUT2D eigenvalue weighted by Crippen LogP contribution is -2.18. The zero-order valence-electron chi connectivity index (χ0n) is 10.2. The second kappa shape index (κ2) is 7.55. The lowest BCUT2D eigenvalue weighted by atomic mass is 10.0. The van der Waals surface area contributed by atoms with Gasteiger partial charge in [0.15, 0.2) is 0 Å². The van der Waals surface area contributed by atoms with E-state index in [0.29, 0.717) is 0 Å². The van der Waals surface area contributed by atoms with E-state index in [1.807, 2.05) is 0 Å². The van der Waals surface area contributed by atoms with Crippen molar-refractivity contribution in [3.63, 3.8) is 0 Å². The molecule has 1 atom stereocenters. The van der Waals surface area contributed by atoms with Gasteiger partial charge < -0.3 is 15.6 Å².